The first-order valence-electron chi connectivity index (χ1n) is 5.46. The van der Waals surface area contributed by atoms with Crippen LogP contribution in [0.3, 0.4) is 0 Å². The summed E-state index contributed by atoms with van der Waals surface area (Å²) in [7, 11) is 0. The summed E-state index contributed by atoms with van der Waals surface area (Å²) in [5, 5.41) is 0. The highest BCUT2D eigenvalue weighted by molar-refractivity contribution is 4.79. The highest BCUT2D eigenvalue weighted by atomic mass is 19.4. The van der Waals surface area contributed by atoms with E-state index in [0.29, 0.717) is 5.92 Å². The number of nitrogens with two attached hydrogens (primary N) is 1. The maximum absolute atomic E-state index is 12.4. The minimum Gasteiger partial charge on any atom is -0.330 e. The van der Waals surface area contributed by atoms with Crippen LogP contribution < -0.4 is 5.73 Å². The van der Waals surface area contributed by atoms with E-state index in [1.165, 1.54) is 0 Å². The van der Waals surface area contributed by atoms with E-state index in [1.54, 1.807) is 0 Å². The molecule has 0 aromatic rings. The molecule has 15 heavy (non-hydrogen) atoms. The molecule has 0 aromatic carbocycles. The zero-order valence-corrected chi connectivity index (χ0v) is 9.06. The van der Waals surface area contributed by atoms with E-state index < -0.39 is 12.1 Å². The number of hydrogen-bond acceptors (Lipinski definition) is 2. The minimum atomic E-state index is -4.15. The first-order valence-corrected chi connectivity index (χ1v) is 5.46. The van der Waals surface area contributed by atoms with Crippen molar-refractivity contribution in [1.82, 2.24) is 4.90 Å². The van der Waals surface area contributed by atoms with Gasteiger partial charge in [-0.15, -0.1) is 0 Å². The van der Waals surface area contributed by atoms with Crippen molar-refractivity contribution in [2.75, 3.05) is 26.2 Å². The topological polar surface area (TPSA) is 29.3 Å². The van der Waals surface area contributed by atoms with Crippen LogP contribution >= 0.6 is 0 Å². The summed E-state index contributed by atoms with van der Waals surface area (Å²) in [5.41, 5.74) is 5.16. The molecule has 2 atom stereocenters. The highest BCUT2D eigenvalue weighted by Gasteiger charge is 2.40. The molecule has 1 fully saturated rings. The summed E-state index contributed by atoms with van der Waals surface area (Å²) in [6, 6.07) is 0. The molecule has 1 saturated heterocycles. The van der Waals surface area contributed by atoms with Gasteiger partial charge in [-0.25, -0.2) is 0 Å². The van der Waals surface area contributed by atoms with E-state index in [-0.39, 0.29) is 13.1 Å². The lowest BCUT2D eigenvalue weighted by atomic mass is 10.1. The minimum absolute atomic E-state index is 0.0660. The number of alkyl halides is 3. The molecule has 0 bridgehead atoms. The SMILES string of the molecule is CCC1CCN(CC(CN)C(F)(F)F)C1. The van der Waals surface area contributed by atoms with Crippen LogP contribution in [-0.4, -0.2) is 37.3 Å². The van der Waals surface area contributed by atoms with Gasteiger partial charge in [0.1, 0.15) is 0 Å². The van der Waals surface area contributed by atoms with Crippen LogP contribution in [0.5, 0.6) is 0 Å². The van der Waals surface area contributed by atoms with Crippen LogP contribution in [0.1, 0.15) is 19.8 Å². The lowest BCUT2D eigenvalue weighted by Gasteiger charge is -2.24. The summed E-state index contributed by atoms with van der Waals surface area (Å²) >= 11 is 0. The predicted octanol–water partition coefficient (Wildman–Crippen LogP) is 1.86. The largest absolute Gasteiger partial charge is 0.394 e. The van der Waals surface area contributed by atoms with E-state index >= 15 is 0 Å². The Morgan fingerprint density at radius 1 is 1.47 bits per heavy atom. The summed E-state index contributed by atoms with van der Waals surface area (Å²) in [5.74, 6) is -0.801. The average molecular weight is 224 g/mol. The molecule has 90 valence electrons. The molecule has 1 aliphatic rings. The maximum Gasteiger partial charge on any atom is 0.394 e. The molecule has 1 heterocycles. The fraction of sp³-hybridized carbons (Fsp3) is 1.00. The van der Waals surface area contributed by atoms with Crippen LogP contribution in [0.2, 0.25) is 0 Å². The Labute approximate surface area is 88.6 Å². The predicted molar refractivity (Wildman–Crippen MR) is 53.4 cm³/mol. The van der Waals surface area contributed by atoms with Gasteiger partial charge in [-0.3, -0.25) is 0 Å². The molecule has 2 unspecified atom stereocenters. The molecule has 2 N–H and O–H groups in total. The Morgan fingerprint density at radius 2 is 2.13 bits per heavy atom. The Hall–Kier alpha value is -0.290. The number of hydrogen-bond donors (Lipinski definition) is 1. The second kappa shape index (κ2) is 5.16. The van der Waals surface area contributed by atoms with Gasteiger partial charge >= 0.3 is 6.18 Å². The zero-order chi connectivity index (χ0) is 11.5. The lowest BCUT2D eigenvalue weighted by molar-refractivity contribution is -0.175. The molecule has 0 aliphatic carbocycles. The van der Waals surface area contributed by atoms with Gasteiger partial charge in [-0.2, -0.15) is 13.2 Å². The molecule has 0 amide bonds. The van der Waals surface area contributed by atoms with Crippen molar-refractivity contribution in [3.63, 3.8) is 0 Å². The van der Waals surface area contributed by atoms with Crippen molar-refractivity contribution >= 4 is 0 Å². The molecule has 5 heteroatoms. The van der Waals surface area contributed by atoms with Crippen LogP contribution in [0, 0.1) is 11.8 Å². The summed E-state index contributed by atoms with van der Waals surface area (Å²) in [4.78, 5) is 1.89. The molecule has 0 radical (unpaired) electrons. The Bertz CT molecular complexity index is 194. The van der Waals surface area contributed by atoms with Crippen molar-refractivity contribution in [3.05, 3.63) is 0 Å². The second-order valence-electron chi connectivity index (χ2n) is 4.30. The highest BCUT2D eigenvalue weighted by Crippen LogP contribution is 2.28. The molecule has 1 rings (SSSR count). The van der Waals surface area contributed by atoms with Gasteiger partial charge in [0, 0.05) is 19.6 Å². The molecule has 2 nitrogen and oxygen atoms in total. The van der Waals surface area contributed by atoms with Crippen LogP contribution in [0.4, 0.5) is 13.2 Å². The van der Waals surface area contributed by atoms with E-state index in [1.807, 2.05) is 4.90 Å². The third-order valence-corrected chi connectivity index (χ3v) is 3.17. The lowest BCUT2D eigenvalue weighted by Crippen LogP contribution is -2.40. The molecule has 1 aliphatic heterocycles. The number of likely N-dealkylation sites (tertiary alicyclic amines) is 1. The third-order valence-electron chi connectivity index (χ3n) is 3.17. The van der Waals surface area contributed by atoms with Crippen molar-refractivity contribution in [3.8, 4) is 0 Å². The van der Waals surface area contributed by atoms with Gasteiger partial charge in [0.05, 0.1) is 5.92 Å². The average Bonchev–Trinajstić information content (AvgIpc) is 2.59. The Balaban J connectivity index is 2.40. The smallest absolute Gasteiger partial charge is 0.330 e. The van der Waals surface area contributed by atoms with Gasteiger partial charge in [0.15, 0.2) is 0 Å². The third kappa shape index (κ3) is 3.65. The van der Waals surface area contributed by atoms with Crippen LogP contribution in [0.25, 0.3) is 0 Å². The van der Waals surface area contributed by atoms with Crippen molar-refractivity contribution in [2.24, 2.45) is 17.6 Å². The first-order chi connectivity index (χ1) is 6.97. The quantitative estimate of drug-likeness (QED) is 0.789. The second-order valence-corrected chi connectivity index (χ2v) is 4.30. The number of nitrogens with zero attached hydrogens (tertiary/aromatic N) is 1. The Kier molecular flexibility index (Phi) is 4.40. The van der Waals surface area contributed by atoms with E-state index in [2.05, 4.69) is 6.92 Å². The van der Waals surface area contributed by atoms with Crippen LogP contribution in [0.15, 0.2) is 0 Å². The molecule has 0 spiro atoms. The van der Waals surface area contributed by atoms with Crippen LogP contribution in [-0.2, 0) is 0 Å². The standard InChI is InChI=1S/C10H19F3N2/c1-2-8-3-4-15(6-8)7-9(5-14)10(11,12)13/h8-9H,2-7,14H2,1H3. The molecular weight excluding hydrogens is 205 g/mol. The fourth-order valence-electron chi connectivity index (χ4n) is 2.04. The van der Waals surface area contributed by atoms with Gasteiger partial charge < -0.3 is 10.6 Å². The van der Waals surface area contributed by atoms with E-state index in [9.17, 15) is 13.2 Å². The first kappa shape index (κ1) is 12.8. The van der Waals surface area contributed by atoms with E-state index in [4.69, 9.17) is 5.73 Å². The number of halogens is 3. The van der Waals surface area contributed by atoms with Gasteiger partial charge in [0.2, 0.25) is 0 Å². The van der Waals surface area contributed by atoms with Gasteiger partial charge in [-0.1, -0.05) is 13.3 Å². The maximum atomic E-state index is 12.4. The monoisotopic (exact) mass is 224 g/mol. The van der Waals surface area contributed by atoms with Crippen molar-refractivity contribution in [1.29, 1.82) is 0 Å². The zero-order valence-electron chi connectivity index (χ0n) is 9.06. The van der Waals surface area contributed by atoms with Gasteiger partial charge in [0.25, 0.3) is 0 Å². The molecule has 0 aromatic heterocycles. The Morgan fingerprint density at radius 3 is 2.53 bits per heavy atom. The summed E-state index contributed by atoms with van der Waals surface area (Å²) < 4.78 is 37.3. The van der Waals surface area contributed by atoms with E-state index in [0.717, 1.165) is 25.9 Å². The summed E-state index contributed by atoms with van der Waals surface area (Å²) in [6.07, 6.45) is -2.08. The van der Waals surface area contributed by atoms with Crippen molar-refractivity contribution < 1.29 is 13.2 Å². The summed E-state index contributed by atoms with van der Waals surface area (Å²) in [6.45, 7) is 3.42. The van der Waals surface area contributed by atoms with Crippen molar-refractivity contribution in [2.45, 2.75) is 25.9 Å². The normalized spacial score (nSPS) is 25.8. The fourth-order valence-corrected chi connectivity index (χ4v) is 2.04. The number of rotatable bonds is 4. The molecular formula is C10H19F3N2. The molecule has 0 saturated carbocycles. The van der Waals surface area contributed by atoms with Gasteiger partial charge in [-0.05, 0) is 18.9 Å².